The highest BCUT2D eigenvalue weighted by Crippen LogP contribution is 2.51. The minimum atomic E-state index is 0.0917. The number of rotatable bonds is 5. The topological polar surface area (TPSA) is 51.8 Å². The summed E-state index contributed by atoms with van der Waals surface area (Å²) in [6, 6.07) is 0. The average Bonchev–Trinajstić information content (AvgIpc) is 2.87. The molecule has 2 N–H and O–H groups in total. The number of unbranched alkanes of at least 4 members (excludes halogenated alkanes) is 1. The second-order valence-corrected chi connectivity index (χ2v) is 7.78. The Morgan fingerprint density at radius 2 is 2.16 bits per heavy atom. The first kappa shape index (κ1) is 13.8. The van der Waals surface area contributed by atoms with Crippen LogP contribution in [0, 0.1) is 5.92 Å². The normalized spacial score (nSPS) is 33.8. The molecule has 3 aliphatic rings. The maximum atomic E-state index is 6.51. The maximum Gasteiger partial charge on any atom is 0.134 e. The summed E-state index contributed by atoms with van der Waals surface area (Å²) >= 11 is 3.28. The predicted molar refractivity (Wildman–Crippen MR) is 81.8 cm³/mol. The van der Waals surface area contributed by atoms with Crippen LogP contribution in [0.2, 0.25) is 0 Å². The van der Waals surface area contributed by atoms with Crippen LogP contribution in [0.1, 0.15) is 63.5 Å². The third-order valence-corrected chi connectivity index (χ3v) is 6.52. The number of hydrogen-bond acceptors (Lipinski definition) is 5. The zero-order valence-corrected chi connectivity index (χ0v) is 13.2. The lowest BCUT2D eigenvalue weighted by atomic mass is 9.60. The first-order valence-electron chi connectivity index (χ1n) is 7.46. The molecule has 1 aromatic heterocycles. The molecule has 0 radical (unpaired) electrons. The van der Waals surface area contributed by atoms with Crippen LogP contribution in [0.15, 0.2) is 5.03 Å². The lowest BCUT2D eigenvalue weighted by Crippen LogP contribution is -2.50. The molecule has 0 spiro atoms. The number of nitrogens with zero attached hydrogens (tertiary/aromatic N) is 2. The first-order valence-corrected chi connectivity index (χ1v) is 9.17. The number of aromatic nitrogens is 2. The van der Waals surface area contributed by atoms with Gasteiger partial charge < -0.3 is 5.73 Å². The number of hydrogen-bond donors (Lipinski definition) is 1. The molecule has 3 aliphatic carbocycles. The van der Waals surface area contributed by atoms with E-state index in [2.05, 4.69) is 15.7 Å². The molecule has 19 heavy (non-hydrogen) atoms. The third kappa shape index (κ3) is 2.83. The van der Waals surface area contributed by atoms with Crippen LogP contribution in [0.3, 0.4) is 0 Å². The van der Waals surface area contributed by atoms with Crippen molar-refractivity contribution in [1.82, 2.24) is 8.75 Å². The zero-order chi connectivity index (χ0) is 13.3. The van der Waals surface area contributed by atoms with Crippen molar-refractivity contribution in [2.75, 3.05) is 5.75 Å². The average molecular weight is 297 g/mol. The monoisotopic (exact) mass is 297 g/mol. The first-order chi connectivity index (χ1) is 9.22. The largest absolute Gasteiger partial charge is 0.325 e. The predicted octanol–water partition coefficient (Wildman–Crippen LogP) is 3.81. The smallest absolute Gasteiger partial charge is 0.134 e. The molecule has 1 unspecified atom stereocenters. The fourth-order valence-corrected chi connectivity index (χ4v) is 5.43. The van der Waals surface area contributed by atoms with Crippen molar-refractivity contribution in [3.63, 3.8) is 0 Å². The molecule has 0 aromatic carbocycles. The Morgan fingerprint density at radius 1 is 1.37 bits per heavy atom. The van der Waals surface area contributed by atoms with Gasteiger partial charge >= 0.3 is 0 Å². The van der Waals surface area contributed by atoms with Crippen LogP contribution in [0.4, 0.5) is 0 Å². The summed E-state index contributed by atoms with van der Waals surface area (Å²) in [5, 5.41) is 1.19. The molecule has 1 aromatic rings. The minimum absolute atomic E-state index is 0.0917. The summed E-state index contributed by atoms with van der Waals surface area (Å²) < 4.78 is 9.14. The van der Waals surface area contributed by atoms with Crippen LogP contribution in [-0.4, -0.2) is 20.0 Å². The van der Waals surface area contributed by atoms with E-state index in [0.29, 0.717) is 5.92 Å². The van der Waals surface area contributed by atoms with Gasteiger partial charge in [-0.05, 0) is 50.2 Å². The lowest BCUT2D eigenvalue weighted by Gasteiger charge is -2.48. The second-order valence-electron chi connectivity index (χ2n) is 6.17. The van der Waals surface area contributed by atoms with E-state index in [9.17, 15) is 0 Å². The lowest BCUT2D eigenvalue weighted by molar-refractivity contribution is 0.111. The summed E-state index contributed by atoms with van der Waals surface area (Å²) in [6.45, 7) is 2.24. The molecule has 5 heteroatoms. The van der Waals surface area contributed by atoms with Crippen molar-refractivity contribution >= 4 is 23.5 Å². The maximum absolute atomic E-state index is 6.51. The van der Waals surface area contributed by atoms with E-state index in [1.54, 1.807) is 0 Å². The van der Waals surface area contributed by atoms with Gasteiger partial charge in [-0.2, -0.15) is 8.75 Å². The Morgan fingerprint density at radius 3 is 2.84 bits per heavy atom. The zero-order valence-electron chi connectivity index (χ0n) is 11.6. The Bertz CT molecular complexity index is 424. The summed E-state index contributed by atoms with van der Waals surface area (Å²) in [7, 11) is 0. The third-order valence-electron chi connectivity index (χ3n) is 4.79. The molecular weight excluding hydrogens is 274 g/mol. The summed E-state index contributed by atoms with van der Waals surface area (Å²) in [6.07, 6.45) is 8.64. The highest BCUT2D eigenvalue weighted by molar-refractivity contribution is 7.99. The number of fused-ring (bicyclic) bond motifs is 3. The van der Waals surface area contributed by atoms with Crippen molar-refractivity contribution in [3.8, 4) is 0 Å². The van der Waals surface area contributed by atoms with Crippen LogP contribution in [-0.2, 0) is 0 Å². The Hall–Kier alpha value is -0.130. The molecule has 2 bridgehead atoms. The number of thioether (sulfide) groups is 1. The Balaban J connectivity index is 1.74. The van der Waals surface area contributed by atoms with Gasteiger partial charge in [0.15, 0.2) is 0 Å². The van der Waals surface area contributed by atoms with Gasteiger partial charge in [0.25, 0.3) is 0 Å². The van der Waals surface area contributed by atoms with Gasteiger partial charge in [0.2, 0.25) is 0 Å². The van der Waals surface area contributed by atoms with Crippen molar-refractivity contribution in [1.29, 1.82) is 0 Å². The van der Waals surface area contributed by atoms with E-state index in [1.165, 1.54) is 66.7 Å². The Labute approximate surface area is 124 Å². The molecule has 0 amide bonds. The van der Waals surface area contributed by atoms with E-state index in [-0.39, 0.29) is 5.54 Å². The highest BCUT2D eigenvalue weighted by atomic mass is 32.2. The molecule has 3 nitrogen and oxygen atoms in total. The van der Waals surface area contributed by atoms with Gasteiger partial charge in [-0.15, -0.1) is 11.8 Å². The van der Waals surface area contributed by atoms with Gasteiger partial charge in [-0.25, -0.2) is 0 Å². The standard InChI is InChI=1S/C14H23N3S2/c1-2-3-8-18-13-12(16-19-17-13)11-9-14(15)6-4-10(11)5-7-14/h10-11H,2-9,15H2,1H3. The van der Waals surface area contributed by atoms with Crippen LogP contribution in [0.25, 0.3) is 0 Å². The van der Waals surface area contributed by atoms with E-state index in [1.807, 2.05) is 11.8 Å². The van der Waals surface area contributed by atoms with Crippen molar-refractivity contribution in [2.24, 2.45) is 11.7 Å². The number of nitrogens with two attached hydrogens (primary N) is 1. The SMILES string of the molecule is CCCCSc1nsnc1C1CC2(N)CCC1CC2. The van der Waals surface area contributed by atoms with Crippen LogP contribution >= 0.6 is 23.5 Å². The van der Waals surface area contributed by atoms with E-state index in [0.717, 1.165) is 12.3 Å². The molecule has 3 fully saturated rings. The molecule has 1 atom stereocenters. The van der Waals surface area contributed by atoms with Gasteiger partial charge in [0.05, 0.1) is 17.4 Å². The quantitative estimate of drug-likeness (QED) is 0.663. The second kappa shape index (κ2) is 5.70. The van der Waals surface area contributed by atoms with Gasteiger partial charge in [-0.1, -0.05) is 13.3 Å². The van der Waals surface area contributed by atoms with Gasteiger partial charge in [0, 0.05) is 11.5 Å². The minimum Gasteiger partial charge on any atom is -0.325 e. The summed E-state index contributed by atoms with van der Waals surface area (Å²) in [5.41, 5.74) is 7.87. The molecule has 3 saturated carbocycles. The summed E-state index contributed by atoms with van der Waals surface area (Å²) in [5.74, 6) is 2.55. The fraction of sp³-hybridized carbons (Fsp3) is 0.857. The molecule has 1 heterocycles. The fourth-order valence-electron chi connectivity index (χ4n) is 3.57. The van der Waals surface area contributed by atoms with Crippen molar-refractivity contribution in [2.45, 2.75) is 68.4 Å². The molecule has 4 rings (SSSR count). The van der Waals surface area contributed by atoms with Crippen LogP contribution < -0.4 is 5.73 Å². The van der Waals surface area contributed by atoms with Crippen molar-refractivity contribution < 1.29 is 0 Å². The van der Waals surface area contributed by atoms with Crippen molar-refractivity contribution in [3.05, 3.63) is 5.69 Å². The van der Waals surface area contributed by atoms with Gasteiger partial charge in [0.1, 0.15) is 5.03 Å². The summed E-state index contributed by atoms with van der Waals surface area (Å²) in [4.78, 5) is 0. The van der Waals surface area contributed by atoms with Gasteiger partial charge in [-0.3, -0.25) is 0 Å². The van der Waals surface area contributed by atoms with Crippen LogP contribution in [0.5, 0.6) is 0 Å². The molecule has 0 saturated heterocycles. The highest BCUT2D eigenvalue weighted by Gasteiger charge is 2.45. The van der Waals surface area contributed by atoms with E-state index >= 15 is 0 Å². The molecule has 0 aliphatic heterocycles. The molecular formula is C14H23N3S2. The van der Waals surface area contributed by atoms with E-state index < -0.39 is 0 Å². The Kier molecular flexibility index (Phi) is 4.15. The van der Waals surface area contributed by atoms with E-state index in [4.69, 9.17) is 5.73 Å². The molecule has 106 valence electrons.